The molecular formula is C14H19F3N4O. The number of halogens is 3. The van der Waals surface area contributed by atoms with E-state index in [0.29, 0.717) is 12.2 Å². The third-order valence-electron chi connectivity index (χ3n) is 3.51. The van der Waals surface area contributed by atoms with Gasteiger partial charge in [0.2, 0.25) is 0 Å². The lowest BCUT2D eigenvalue weighted by Crippen LogP contribution is -2.30. The average molecular weight is 316 g/mol. The smallest absolute Gasteiger partial charge is 0.348 e. The molecule has 0 radical (unpaired) electrons. The first-order chi connectivity index (χ1) is 10.2. The van der Waals surface area contributed by atoms with Gasteiger partial charge in [-0.3, -0.25) is 9.48 Å². The standard InChI is InChI=1S/C14H19F3N4O/c1-10-12(8-21(19-10)9-14(15,16)17)13(22)18-7-11-3-5-20(2)6-4-11/h3,8H,4-7,9H2,1-2H3,(H,18,22). The average Bonchev–Trinajstić information content (AvgIpc) is 2.76. The van der Waals surface area contributed by atoms with Crippen molar-refractivity contribution in [3.05, 3.63) is 29.1 Å². The van der Waals surface area contributed by atoms with Crippen molar-refractivity contribution in [3.63, 3.8) is 0 Å². The van der Waals surface area contributed by atoms with Gasteiger partial charge in [0.25, 0.3) is 5.91 Å². The molecule has 0 unspecified atom stereocenters. The molecule has 1 N–H and O–H groups in total. The van der Waals surface area contributed by atoms with Crippen LogP contribution in [0.5, 0.6) is 0 Å². The van der Waals surface area contributed by atoms with Crippen molar-refractivity contribution in [2.45, 2.75) is 26.1 Å². The molecule has 0 saturated heterocycles. The van der Waals surface area contributed by atoms with E-state index in [1.54, 1.807) is 0 Å². The maximum absolute atomic E-state index is 12.3. The van der Waals surface area contributed by atoms with Crippen LogP contribution in [0.3, 0.4) is 0 Å². The van der Waals surface area contributed by atoms with E-state index < -0.39 is 18.6 Å². The van der Waals surface area contributed by atoms with Crippen LogP contribution in [-0.2, 0) is 6.54 Å². The van der Waals surface area contributed by atoms with Crippen molar-refractivity contribution in [2.75, 3.05) is 26.7 Å². The van der Waals surface area contributed by atoms with Gasteiger partial charge in [-0.05, 0) is 20.4 Å². The van der Waals surface area contributed by atoms with Gasteiger partial charge in [-0.1, -0.05) is 11.6 Å². The summed E-state index contributed by atoms with van der Waals surface area (Å²) in [5.74, 6) is -0.397. The number of likely N-dealkylation sites (N-methyl/N-ethyl adjacent to an activating group) is 1. The third-order valence-corrected chi connectivity index (χ3v) is 3.51. The molecule has 0 bridgehead atoms. The Morgan fingerprint density at radius 3 is 2.77 bits per heavy atom. The number of rotatable bonds is 4. The summed E-state index contributed by atoms with van der Waals surface area (Å²) in [5.41, 5.74) is 1.60. The summed E-state index contributed by atoms with van der Waals surface area (Å²) in [6, 6.07) is 0. The lowest BCUT2D eigenvalue weighted by molar-refractivity contribution is -0.142. The molecule has 1 aliphatic rings. The van der Waals surface area contributed by atoms with Crippen LogP contribution in [0.1, 0.15) is 22.5 Å². The molecule has 1 amide bonds. The fourth-order valence-electron chi connectivity index (χ4n) is 2.27. The van der Waals surface area contributed by atoms with Crippen LogP contribution < -0.4 is 5.32 Å². The number of nitrogens with zero attached hydrogens (tertiary/aromatic N) is 3. The summed E-state index contributed by atoms with van der Waals surface area (Å²) in [7, 11) is 2.02. The second-order valence-corrected chi connectivity index (χ2v) is 5.50. The molecule has 1 aromatic heterocycles. The molecule has 0 saturated carbocycles. The van der Waals surface area contributed by atoms with E-state index in [4.69, 9.17) is 0 Å². The number of amides is 1. The molecule has 2 heterocycles. The Hall–Kier alpha value is -1.83. The van der Waals surface area contributed by atoms with E-state index in [1.165, 1.54) is 6.92 Å². The zero-order chi connectivity index (χ0) is 16.3. The summed E-state index contributed by atoms with van der Waals surface area (Å²) in [6.45, 7) is 2.52. The maximum Gasteiger partial charge on any atom is 0.408 e. The van der Waals surface area contributed by atoms with Gasteiger partial charge in [0, 0.05) is 25.8 Å². The number of aromatic nitrogens is 2. The molecule has 0 aliphatic carbocycles. The molecule has 0 fully saturated rings. The van der Waals surface area contributed by atoms with Crippen molar-refractivity contribution in [1.82, 2.24) is 20.0 Å². The van der Waals surface area contributed by atoms with Crippen molar-refractivity contribution in [3.8, 4) is 0 Å². The highest BCUT2D eigenvalue weighted by molar-refractivity contribution is 5.95. The van der Waals surface area contributed by atoms with Crippen LogP contribution in [-0.4, -0.2) is 53.4 Å². The molecule has 8 heteroatoms. The van der Waals surface area contributed by atoms with Crippen molar-refractivity contribution in [1.29, 1.82) is 0 Å². The van der Waals surface area contributed by atoms with Crippen LogP contribution >= 0.6 is 0 Å². The molecule has 1 aliphatic heterocycles. The van der Waals surface area contributed by atoms with Gasteiger partial charge in [0.15, 0.2) is 0 Å². The number of carbonyl (C=O) groups excluding carboxylic acids is 1. The van der Waals surface area contributed by atoms with Crippen molar-refractivity contribution < 1.29 is 18.0 Å². The summed E-state index contributed by atoms with van der Waals surface area (Å²) >= 11 is 0. The minimum absolute atomic E-state index is 0.178. The van der Waals surface area contributed by atoms with Gasteiger partial charge in [0.05, 0.1) is 11.3 Å². The summed E-state index contributed by atoms with van der Waals surface area (Å²) in [6.07, 6.45) is -0.279. The molecule has 122 valence electrons. The zero-order valence-corrected chi connectivity index (χ0v) is 12.6. The number of hydrogen-bond donors (Lipinski definition) is 1. The summed E-state index contributed by atoms with van der Waals surface area (Å²) < 4.78 is 37.7. The van der Waals surface area contributed by atoms with Crippen LogP contribution in [0.4, 0.5) is 13.2 Å². The molecule has 0 spiro atoms. The van der Waals surface area contributed by atoms with Gasteiger partial charge in [0.1, 0.15) is 6.54 Å². The van der Waals surface area contributed by atoms with Crippen molar-refractivity contribution in [2.24, 2.45) is 0 Å². The highest BCUT2D eigenvalue weighted by Gasteiger charge is 2.29. The van der Waals surface area contributed by atoms with Gasteiger partial charge in [-0.15, -0.1) is 0 Å². The minimum atomic E-state index is -4.36. The van der Waals surface area contributed by atoms with E-state index in [2.05, 4.69) is 21.4 Å². The van der Waals surface area contributed by atoms with Crippen LogP contribution in [0.15, 0.2) is 17.8 Å². The first-order valence-electron chi connectivity index (χ1n) is 7.00. The van der Waals surface area contributed by atoms with E-state index >= 15 is 0 Å². The molecule has 0 atom stereocenters. The Bertz CT molecular complexity index is 577. The number of aryl methyl sites for hydroxylation is 1. The maximum atomic E-state index is 12.3. The van der Waals surface area contributed by atoms with Crippen LogP contribution in [0.2, 0.25) is 0 Å². The van der Waals surface area contributed by atoms with E-state index in [0.717, 1.165) is 36.0 Å². The largest absolute Gasteiger partial charge is 0.408 e. The first kappa shape index (κ1) is 16.5. The highest BCUT2D eigenvalue weighted by Crippen LogP contribution is 2.18. The third kappa shape index (κ3) is 4.59. The molecule has 5 nitrogen and oxygen atoms in total. The van der Waals surface area contributed by atoms with Gasteiger partial charge in [-0.2, -0.15) is 18.3 Å². The van der Waals surface area contributed by atoms with Gasteiger partial charge in [-0.25, -0.2) is 0 Å². The fourth-order valence-corrected chi connectivity index (χ4v) is 2.27. The van der Waals surface area contributed by atoms with E-state index in [9.17, 15) is 18.0 Å². The Balaban J connectivity index is 1.95. The lowest BCUT2D eigenvalue weighted by Gasteiger charge is -2.22. The fraction of sp³-hybridized carbons (Fsp3) is 0.571. The van der Waals surface area contributed by atoms with Gasteiger partial charge >= 0.3 is 6.18 Å². The monoisotopic (exact) mass is 316 g/mol. The minimum Gasteiger partial charge on any atom is -0.348 e. The predicted molar refractivity (Wildman–Crippen MR) is 75.5 cm³/mol. The summed E-state index contributed by atoms with van der Waals surface area (Å²) in [4.78, 5) is 14.2. The Morgan fingerprint density at radius 2 is 2.18 bits per heavy atom. The topological polar surface area (TPSA) is 50.2 Å². The normalized spacial score (nSPS) is 16.5. The van der Waals surface area contributed by atoms with E-state index in [1.807, 2.05) is 7.05 Å². The summed E-state index contributed by atoms with van der Waals surface area (Å²) in [5, 5.41) is 6.48. The highest BCUT2D eigenvalue weighted by atomic mass is 19.4. The first-order valence-corrected chi connectivity index (χ1v) is 7.00. The number of alkyl halides is 3. The SMILES string of the molecule is Cc1nn(CC(F)(F)F)cc1C(=O)NCC1=CCN(C)CC1. The predicted octanol–water partition coefficient (Wildman–Crippen LogP) is 1.75. The molecular weight excluding hydrogens is 297 g/mol. The Kier molecular flexibility index (Phi) is 4.90. The van der Waals surface area contributed by atoms with Gasteiger partial charge < -0.3 is 10.2 Å². The quantitative estimate of drug-likeness (QED) is 0.861. The zero-order valence-electron chi connectivity index (χ0n) is 12.6. The Labute approximate surface area is 126 Å². The number of carbonyl (C=O) groups is 1. The second-order valence-electron chi connectivity index (χ2n) is 5.50. The molecule has 22 heavy (non-hydrogen) atoms. The van der Waals surface area contributed by atoms with Crippen molar-refractivity contribution >= 4 is 5.91 Å². The van der Waals surface area contributed by atoms with E-state index in [-0.39, 0.29) is 5.56 Å². The molecule has 0 aromatic carbocycles. The Morgan fingerprint density at radius 1 is 1.45 bits per heavy atom. The number of nitrogens with one attached hydrogen (secondary N) is 1. The molecule has 2 rings (SSSR count). The molecule has 1 aromatic rings. The lowest BCUT2D eigenvalue weighted by atomic mass is 10.1. The number of hydrogen-bond acceptors (Lipinski definition) is 3. The van der Waals surface area contributed by atoms with Crippen LogP contribution in [0.25, 0.3) is 0 Å². The second kappa shape index (κ2) is 6.51. The van der Waals surface area contributed by atoms with Crippen LogP contribution in [0, 0.1) is 6.92 Å².